The lowest BCUT2D eigenvalue weighted by atomic mass is 9.93. The van der Waals surface area contributed by atoms with Gasteiger partial charge >= 0.3 is 0 Å². The molecule has 0 bridgehead atoms. The average Bonchev–Trinajstić information content (AvgIpc) is 3.71. The number of para-hydroxylation sites is 4. The molecule has 0 radical (unpaired) electrons. The van der Waals surface area contributed by atoms with E-state index in [1.807, 2.05) is 12.4 Å². The smallest absolute Gasteiger partial charge is 0.0541 e. The lowest BCUT2D eigenvalue weighted by molar-refractivity contribution is 1.18. The van der Waals surface area contributed by atoms with E-state index in [0.29, 0.717) is 0 Å². The van der Waals surface area contributed by atoms with Gasteiger partial charge in [-0.1, -0.05) is 97.1 Å². The van der Waals surface area contributed by atoms with E-state index in [0.717, 1.165) is 22.5 Å². The number of aromatic nitrogens is 3. The maximum absolute atomic E-state index is 4.28. The number of benzene rings is 7. The van der Waals surface area contributed by atoms with Crippen LogP contribution in [-0.4, -0.2) is 14.1 Å². The highest BCUT2D eigenvalue weighted by atomic mass is 15.0. The lowest BCUT2D eigenvalue weighted by Crippen LogP contribution is -1.94. The van der Waals surface area contributed by atoms with Gasteiger partial charge in [0.25, 0.3) is 0 Å². The molecule has 10 aromatic rings. The molecule has 0 unspecified atom stereocenters. The minimum atomic E-state index is 1.15. The summed E-state index contributed by atoms with van der Waals surface area (Å²) in [6.45, 7) is 0. The van der Waals surface area contributed by atoms with E-state index in [9.17, 15) is 0 Å². The van der Waals surface area contributed by atoms with E-state index >= 15 is 0 Å². The van der Waals surface area contributed by atoms with Crippen LogP contribution in [0.15, 0.2) is 188 Å². The Labute approximate surface area is 290 Å². The van der Waals surface area contributed by atoms with Crippen molar-refractivity contribution in [1.29, 1.82) is 0 Å². The van der Waals surface area contributed by atoms with Crippen LogP contribution in [0.4, 0.5) is 0 Å². The average molecular weight is 638 g/mol. The Morgan fingerprint density at radius 2 is 0.580 bits per heavy atom. The van der Waals surface area contributed by atoms with Crippen molar-refractivity contribution in [3.63, 3.8) is 0 Å². The van der Waals surface area contributed by atoms with Crippen molar-refractivity contribution in [2.45, 2.75) is 0 Å². The van der Waals surface area contributed by atoms with Crippen molar-refractivity contribution < 1.29 is 0 Å². The molecule has 7 aromatic carbocycles. The van der Waals surface area contributed by atoms with Crippen LogP contribution in [0, 0.1) is 0 Å². The van der Waals surface area contributed by atoms with Gasteiger partial charge in [0.1, 0.15) is 0 Å². The first-order valence-electron chi connectivity index (χ1n) is 17.0. The molecule has 0 atom stereocenters. The monoisotopic (exact) mass is 637 g/mol. The fourth-order valence-electron chi connectivity index (χ4n) is 7.68. The zero-order valence-corrected chi connectivity index (χ0v) is 27.2. The Balaban J connectivity index is 1.07. The summed E-state index contributed by atoms with van der Waals surface area (Å²) in [7, 11) is 0. The molecule has 0 saturated heterocycles. The molecule has 0 aliphatic carbocycles. The standard InChI is InChI=1S/C47H31N3/c1-5-13-44-40(9-1)41-10-2-6-14-45(41)49(44)38-21-17-32(18-22-38)35-29-36(31-37(30-35)34-25-27-48-28-26-34)33-19-23-39(24-20-33)50-46-15-7-3-11-42(46)43-12-4-8-16-47(43)50/h1-31H. The van der Waals surface area contributed by atoms with E-state index in [-0.39, 0.29) is 0 Å². The molecule has 3 nitrogen and oxygen atoms in total. The highest BCUT2D eigenvalue weighted by Gasteiger charge is 2.14. The molecule has 3 heteroatoms. The Morgan fingerprint density at radius 3 is 0.920 bits per heavy atom. The van der Waals surface area contributed by atoms with Crippen molar-refractivity contribution >= 4 is 43.6 Å². The normalized spacial score (nSPS) is 11.6. The van der Waals surface area contributed by atoms with Crippen LogP contribution in [0.25, 0.3) is 88.4 Å². The van der Waals surface area contributed by atoms with E-state index < -0.39 is 0 Å². The summed E-state index contributed by atoms with van der Waals surface area (Å²) >= 11 is 0. The van der Waals surface area contributed by atoms with Gasteiger partial charge in [-0.05, 0) is 112 Å². The predicted octanol–water partition coefficient (Wildman–Crippen LogP) is 12.3. The van der Waals surface area contributed by atoms with Crippen LogP contribution in [-0.2, 0) is 0 Å². The van der Waals surface area contributed by atoms with Crippen LogP contribution >= 0.6 is 0 Å². The fraction of sp³-hybridized carbons (Fsp3) is 0. The lowest BCUT2D eigenvalue weighted by Gasteiger charge is -2.14. The van der Waals surface area contributed by atoms with E-state index in [4.69, 9.17) is 0 Å². The second kappa shape index (κ2) is 11.5. The molecule has 3 aromatic heterocycles. The van der Waals surface area contributed by atoms with Crippen LogP contribution in [0.3, 0.4) is 0 Å². The van der Waals surface area contributed by atoms with Gasteiger partial charge in [-0.25, -0.2) is 0 Å². The molecule has 3 heterocycles. The summed E-state index contributed by atoms with van der Waals surface area (Å²) in [5, 5.41) is 5.08. The van der Waals surface area contributed by atoms with E-state index in [2.05, 4.69) is 190 Å². The second-order valence-electron chi connectivity index (χ2n) is 12.9. The Bertz CT molecular complexity index is 2560. The summed E-state index contributed by atoms with van der Waals surface area (Å²) in [6, 6.07) is 63.7. The summed E-state index contributed by atoms with van der Waals surface area (Å²) in [5.41, 5.74) is 14.2. The second-order valence-corrected chi connectivity index (χ2v) is 12.9. The van der Waals surface area contributed by atoms with E-state index in [1.54, 1.807) is 0 Å². The first-order chi connectivity index (χ1) is 24.8. The van der Waals surface area contributed by atoms with Gasteiger partial charge in [-0.3, -0.25) is 4.98 Å². The molecule has 234 valence electrons. The summed E-state index contributed by atoms with van der Waals surface area (Å²) in [4.78, 5) is 4.28. The quantitative estimate of drug-likeness (QED) is 0.184. The molecule has 0 N–H and O–H groups in total. The minimum absolute atomic E-state index is 1.15. The number of pyridine rings is 1. The van der Waals surface area contributed by atoms with Gasteiger partial charge in [-0.2, -0.15) is 0 Å². The number of rotatable bonds is 5. The van der Waals surface area contributed by atoms with Crippen molar-refractivity contribution in [1.82, 2.24) is 14.1 Å². The molecule has 0 spiro atoms. The predicted molar refractivity (Wildman–Crippen MR) is 209 cm³/mol. The van der Waals surface area contributed by atoms with Crippen molar-refractivity contribution in [2.24, 2.45) is 0 Å². The van der Waals surface area contributed by atoms with Crippen LogP contribution in [0.2, 0.25) is 0 Å². The largest absolute Gasteiger partial charge is 0.309 e. The summed E-state index contributed by atoms with van der Waals surface area (Å²) in [5.74, 6) is 0. The third-order valence-electron chi connectivity index (χ3n) is 10.0. The maximum Gasteiger partial charge on any atom is 0.0541 e. The van der Waals surface area contributed by atoms with Crippen LogP contribution < -0.4 is 0 Å². The van der Waals surface area contributed by atoms with Crippen molar-refractivity contribution in [2.75, 3.05) is 0 Å². The van der Waals surface area contributed by atoms with Gasteiger partial charge in [0.2, 0.25) is 0 Å². The Kier molecular flexibility index (Phi) is 6.49. The van der Waals surface area contributed by atoms with Crippen LogP contribution in [0.1, 0.15) is 0 Å². The van der Waals surface area contributed by atoms with Crippen LogP contribution in [0.5, 0.6) is 0 Å². The molecule has 0 saturated carbocycles. The number of nitrogens with zero attached hydrogens (tertiary/aromatic N) is 3. The van der Waals surface area contributed by atoms with Gasteiger partial charge in [-0.15, -0.1) is 0 Å². The van der Waals surface area contributed by atoms with Gasteiger partial charge < -0.3 is 9.13 Å². The molecule has 0 fully saturated rings. The molecular weight excluding hydrogens is 607 g/mol. The topological polar surface area (TPSA) is 22.8 Å². The maximum atomic E-state index is 4.28. The molecule has 0 aliphatic rings. The molecule has 0 aliphatic heterocycles. The Hall–Kier alpha value is -6.71. The van der Waals surface area contributed by atoms with Gasteiger partial charge in [0.05, 0.1) is 22.1 Å². The highest BCUT2D eigenvalue weighted by Crippen LogP contribution is 2.37. The third kappa shape index (κ3) is 4.56. The number of hydrogen-bond acceptors (Lipinski definition) is 1. The number of fused-ring (bicyclic) bond motifs is 6. The highest BCUT2D eigenvalue weighted by molar-refractivity contribution is 6.10. The zero-order valence-electron chi connectivity index (χ0n) is 27.2. The third-order valence-corrected chi connectivity index (χ3v) is 10.0. The molecule has 10 rings (SSSR count). The van der Waals surface area contributed by atoms with Crippen molar-refractivity contribution in [3.05, 3.63) is 188 Å². The molecular formula is C47H31N3. The van der Waals surface area contributed by atoms with Crippen molar-refractivity contribution in [3.8, 4) is 44.8 Å². The first-order valence-corrected chi connectivity index (χ1v) is 17.0. The van der Waals surface area contributed by atoms with Gasteiger partial charge in [0, 0.05) is 45.3 Å². The summed E-state index contributed by atoms with van der Waals surface area (Å²) < 4.78 is 4.73. The Morgan fingerprint density at radius 1 is 0.280 bits per heavy atom. The minimum Gasteiger partial charge on any atom is -0.309 e. The first kappa shape index (κ1) is 28.3. The number of hydrogen-bond donors (Lipinski definition) is 0. The molecule has 0 amide bonds. The van der Waals surface area contributed by atoms with Gasteiger partial charge in [0.15, 0.2) is 0 Å². The SMILES string of the molecule is c1ccc2c(c1)c1ccccc1n2-c1ccc(-c2cc(-c3ccncc3)cc(-c3ccc(-n4c5ccccc5c5ccccc54)cc3)c2)cc1. The van der Waals surface area contributed by atoms with E-state index in [1.165, 1.54) is 65.9 Å². The fourth-order valence-corrected chi connectivity index (χ4v) is 7.68. The zero-order chi connectivity index (χ0) is 33.0. The summed E-state index contributed by atoms with van der Waals surface area (Å²) in [6.07, 6.45) is 3.73. The molecule has 50 heavy (non-hydrogen) atoms.